The summed E-state index contributed by atoms with van der Waals surface area (Å²) in [5.74, 6) is 1.62. The molecule has 1 aliphatic heterocycles. The van der Waals surface area contributed by atoms with Crippen molar-refractivity contribution < 1.29 is 4.52 Å². The number of nitrogens with two attached hydrogens (primary N) is 1. The van der Waals surface area contributed by atoms with Gasteiger partial charge in [-0.05, 0) is 38.8 Å². The first-order valence-corrected chi connectivity index (χ1v) is 5.62. The van der Waals surface area contributed by atoms with Gasteiger partial charge in [0.25, 0.3) is 0 Å². The Morgan fingerprint density at radius 3 is 3.06 bits per heavy atom. The van der Waals surface area contributed by atoms with Crippen LogP contribution in [0.2, 0.25) is 0 Å². The third kappa shape index (κ3) is 3.47. The van der Waals surface area contributed by atoms with Gasteiger partial charge >= 0.3 is 0 Å². The molecular formula is C11H20ClN3O. The normalized spacial score (nSPS) is 21.8. The van der Waals surface area contributed by atoms with Crippen molar-refractivity contribution in [2.75, 3.05) is 19.6 Å². The number of aromatic nitrogens is 1. The van der Waals surface area contributed by atoms with E-state index >= 15 is 0 Å². The maximum atomic E-state index is 5.70. The van der Waals surface area contributed by atoms with Crippen molar-refractivity contribution in [2.24, 2.45) is 11.7 Å². The van der Waals surface area contributed by atoms with Gasteiger partial charge in [0.05, 0.1) is 12.2 Å². The lowest BCUT2D eigenvalue weighted by molar-refractivity contribution is 0.155. The van der Waals surface area contributed by atoms with Crippen LogP contribution in [0.15, 0.2) is 10.6 Å². The van der Waals surface area contributed by atoms with Gasteiger partial charge in [0, 0.05) is 12.6 Å². The van der Waals surface area contributed by atoms with Gasteiger partial charge in [-0.2, -0.15) is 0 Å². The summed E-state index contributed by atoms with van der Waals surface area (Å²) in [4.78, 5) is 2.40. The zero-order valence-corrected chi connectivity index (χ0v) is 10.5. The van der Waals surface area contributed by atoms with Gasteiger partial charge in [-0.15, -0.1) is 12.4 Å². The summed E-state index contributed by atoms with van der Waals surface area (Å²) in [6.07, 6.45) is 2.51. The first kappa shape index (κ1) is 13.5. The van der Waals surface area contributed by atoms with Gasteiger partial charge in [-0.1, -0.05) is 5.16 Å². The Morgan fingerprint density at radius 1 is 1.62 bits per heavy atom. The smallest absolute Gasteiger partial charge is 0.150 e. The summed E-state index contributed by atoms with van der Waals surface area (Å²) in [6.45, 7) is 5.86. The summed E-state index contributed by atoms with van der Waals surface area (Å²) >= 11 is 0. The Bertz CT molecular complexity index is 316. The minimum absolute atomic E-state index is 0. The molecule has 92 valence electrons. The molecule has 0 amide bonds. The van der Waals surface area contributed by atoms with Crippen molar-refractivity contribution in [1.29, 1.82) is 0 Å². The number of halogens is 1. The van der Waals surface area contributed by atoms with Crippen molar-refractivity contribution in [3.63, 3.8) is 0 Å². The summed E-state index contributed by atoms with van der Waals surface area (Å²) in [5, 5.41) is 3.89. The second kappa shape index (κ2) is 6.23. The second-order valence-corrected chi connectivity index (χ2v) is 4.41. The van der Waals surface area contributed by atoms with E-state index in [1.165, 1.54) is 12.8 Å². The molecule has 5 heteroatoms. The quantitative estimate of drug-likeness (QED) is 0.879. The zero-order valence-electron chi connectivity index (χ0n) is 9.69. The number of rotatable bonds is 3. The standard InChI is InChI=1S/C11H19N3O.ClH/c1-9-5-11(15-13-9)8-14-4-2-3-10(6-12)7-14;/h5,10H,2-4,6-8,12H2,1H3;1H. The highest BCUT2D eigenvalue weighted by molar-refractivity contribution is 5.85. The molecule has 2 rings (SSSR count). The maximum Gasteiger partial charge on any atom is 0.150 e. The molecule has 0 spiro atoms. The summed E-state index contributed by atoms with van der Waals surface area (Å²) < 4.78 is 5.21. The number of nitrogens with zero attached hydrogens (tertiary/aromatic N) is 2. The summed E-state index contributed by atoms with van der Waals surface area (Å²) in [5.41, 5.74) is 6.66. The highest BCUT2D eigenvalue weighted by atomic mass is 35.5. The van der Waals surface area contributed by atoms with E-state index in [9.17, 15) is 0 Å². The highest BCUT2D eigenvalue weighted by Gasteiger charge is 2.19. The number of piperidine rings is 1. The molecule has 0 aromatic carbocycles. The van der Waals surface area contributed by atoms with E-state index in [2.05, 4.69) is 10.1 Å². The topological polar surface area (TPSA) is 55.3 Å². The molecule has 1 unspecified atom stereocenters. The van der Waals surface area contributed by atoms with Gasteiger partial charge in [-0.25, -0.2) is 0 Å². The Balaban J connectivity index is 0.00000128. The van der Waals surface area contributed by atoms with Crippen molar-refractivity contribution in [3.8, 4) is 0 Å². The van der Waals surface area contributed by atoms with Gasteiger partial charge in [-0.3, -0.25) is 4.90 Å². The maximum absolute atomic E-state index is 5.70. The lowest BCUT2D eigenvalue weighted by Crippen LogP contribution is -2.37. The Morgan fingerprint density at radius 2 is 2.44 bits per heavy atom. The van der Waals surface area contributed by atoms with E-state index in [1.807, 2.05) is 13.0 Å². The van der Waals surface area contributed by atoms with Gasteiger partial charge in [0.15, 0.2) is 5.76 Å². The van der Waals surface area contributed by atoms with Crippen molar-refractivity contribution in [2.45, 2.75) is 26.3 Å². The van der Waals surface area contributed by atoms with Gasteiger partial charge in [0.2, 0.25) is 0 Å². The lowest BCUT2D eigenvalue weighted by atomic mass is 9.98. The van der Waals surface area contributed by atoms with Crippen LogP contribution in [0.4, 0.5) is 0 Å². The third-order valence-corrected chi connectivity index (χ3v) is 2.99. The van der Waals surface area contributed by atoms with Crippen molar-refractivity contribution in [3.05, 3.63) is 17.5 Å². The fraction of sp³-hybridized carbons (Fsp3) is 0.727. The first-order valence-electron chi connectivity index (χ1n) is 5.62. The fourth-order valence-corrected chi connectivity index (χ4v) is 2.20. The van der Waals surface area contributed by atoms with Gasteiger partial charge in [0.1, 0.15) is 0 Å². The first-order chi connectivity index (χ1) is 7.28. The van der Waals surface area contributed by atoms with Crippen molar-refractivity contribution in [1.82, 2.24) is 10.1 Å². The molecule has 1 aliphatic rings. The van der Waals surface area contributed by atoms with E-state index in [4.69, 9.17) is 10.3 Å². The van der Waals surface area contributed by atoms with Gasteiger partial charge < -0.3 is 10.3 Å². The average Bonchev–Trinajstić information content (AvgIpc) is 2.64. The molecule has 1 aromatic heterocycles. The highest BCUT2D eigenvalue weighted by Crippen LogP contribution is 2.17. The Labute approximate surface area is 103 Å². The van der Waals surface area contributed by atoms with Crippen LogP contribution in [0.5, 0.6) is 0 Å². The molecule has 2 N–H and O–H groups in total. The molecule has 1 aromatic rings. The largest absolute Gasteiger partial charge is 0.360 e. The van der Waals surface area contributed by atoms with Crippen LogP contribution in [0.1, 0.15) is 24.3 Å². The third-order valence-electron chi connectivity index (χ3n) is 2.99. The lowest BCUT2D eigenvalue weighted by Gasteiger charge is -2.31. The molecule has 1 fully saturated rings. The number of hydrogen-bond acceptors (Lipinski definition) is 4. The summed E-state index contributed by atoms with van der Waals surface area (Å²) in [6, 6.07) is 2.01. The van der Waals surface area contributed by atoms with Crippen LogP contribution >= 0.6 is 12.4 Å². The minimum Gasteiger partial charge on any atom is -0.360 e. The number of aryl methyl sites for hydroxylation is 1. The number of likely N-dealkylation sites (tertiary alicyclic amines) is 1. The van der Waals surface area contributed by atoms with E-state index in [-0.39, 0.29) is 12.4 Å². The molecule has 16 heavy (non-hydrogen) atoms. The SMILES string of the molecule is Cc1cc(CN2CCCC(CN)C2)on1.Cl. The Kier molecular flexibility index (Phi) is 5.25. The van der Waals surface area contributed by atoms with E-state index in [0.29, 0.717) is 5.92 Å². The predicted molar refractivity (Wildman–Crippen MR) is 65.5 cm³/mol. The molecule has 2 heterocycles. The molecular weight excluding hydrogens is 226 g/mol. The molecule has 0 saturated carbocycles. The molecule has 1 saturated heterocycles. The van der Waals surface area contributed by atoms with Crippen LogP contribution < -0.4 is 5.73 Å². The Hall–Kier alpha value is -0.580. The van der Waals surface area contributed by atoms with E-state index in [1.54, 1.807) is 0 Å². The van der Waals surface area contributed by atoms with E-state index < -0.39 is 0 Å². The van der Waals surface area contributed by atoms with Crippen LogP contribution in [0, 0.1) is 12.8 Å². The second-order valence-electron chi connectivity index (χ2n) is 4.41. The summed E-state index contributed by atoms with van der Waals surface area (Å²) in [7, 11) is 0. The van der Waals surface area contributed by atoms with Crippen LogP contribution in [-0.2, 0) is 6.54 Å². The zero-order chi connectivity index (χ0) is 10.7. The van der Waals surface area contributed by atoms with Crippen LogP contribution in [-0.4, -0.2) is 29.7 Å². The van der Waals surface area contributed by atoms with Crippen LogP contribution in [0.3, 0.4) is 0 Å². The molecule has 4 nitrogen and oxygen atoms in total. The molecule has 1 atom stereocenters. The number of hydrogen-bond donors (Lipinski definition) is 1. The molecule has 0 bridgehead atoms. The molecule has 0 aliphatic carbocycles. The minimum atomic E-state index is 0. The average molecular weight is 246 g/mol. The van der Waals surface area contributed by atoms with Crippen molar-refractivity contribution >= 4 is 12.4 Å². The molecule has 0 radical (unpaired) electrons. The fourth-order valence-electron chi connectivity index (χ4n) is 2.20. The predicted octanol–water partition coefficient (Wildman–Crippen LogP) is 1.58. The van der Waals surface area contributed by atoms with E-state index in [0.717, 1.165) is 37.6 Å². The van der Waals surface area contributed by atoms with Crippen LogP contribution in [0.25, 0.3) is 0 Å². The monoisotopic (exact) mass is 245 g/mol.